The molecule has 2 atom stereocenters. The van der Waals surface area contributed by atoms with Crippen molar-refractivity contribution in [3.63, 3.8) is 0 Å². The van der Waals surface area contributed by atoms with Crippen molar-refractivity contribution >= 4 is 11.6 Å². The van der Waals surface area contributed by atoms with Gasteiger partial charge in [-0.25, -0.2) is 4.39 Å². The van der Waals surface area contributed by atoms with Crippen LogP contribution in [0.1, 0.15) is 12.0 Å². The molecule has 1 aromatic carbocycles. The lowest BCUT2D eigenvalue weighted by molar-refractivity contribution is 0.0339. The van der Waals surface area contributed by atoms with Crippen molar-refractivity contribution in [2.24, 2.45) is 5.92 Å². The van der Waals surface area contributed by atoms with E-state index in [-0.39, 0.29) is 11.7 Å². The highest BCUT2D eigenvalue weighted by Crippen LogP contribution is 2.26. The van der Waals surface area contributed by atoms with Crippen LogP contribution in [0.15, 0.2) is 18.2 Å². The van der Waals surface area contributed by atoms with Gasteiger partial charge in [0.2, 0.25) is 0 Å². The maximum absolute atomic E-state index is 13.7. The fraction of sp³-hybridized carbons (Fsp3) is 0.538. The van der Waals surface area contributed by atoms with E-state index in [4.69, 9.17) is 16.3 Å². The van der Waals surface area contributed by atoms with Gasteiger partial charge < -0.3 is 10.1 Å². The highest BCUT2D eigenvalue weighted by Gasteiger charge is 2.26. The number of hydrogen-bond donors (Lipinski definition) is 1. The summed E-state index contributed by atoms with van der Waals surface area (Å²) in [6.45, 7) is 1.43. The maximum atomic E-state index is 13.7. The van der Waals surface area contributed by atoms with Gasteiger partial charge in [0, 0.05) is 29.2 Å². The molecule has 2 rings (SSSR count). The lowest BCUT2D eigenvalue weighted by Gasteiger charge is -2.31. The van der Waals surface area contributed by atoms with Crippen LogP contribution in [0.3, 0.4) is 0 Å². The Morgan fingerprint density at radius 1 is 1.53 bits per heavy atom. The van der Waals surface area contributed by atoms with E-state index in [1.54, 1.807) is 12.1 Å². The lowest BCUT2D eigenvalue weighted by Crippen LogP contribution is -2.42. The van der Waals surface area contributed by atoms with Crippen molar-refractivity contribution in [1.29, 1.82) is 0 Å². The summed E-state index contributed by atoms with van der Waals surface area (Å²) >= 11 is 6.04. The Morgan fingerprint density at radius 2 is 2.35 bits per heavy atom. The second-order valence-electron chi connectivity index (χ2n) is 4.42. The number of benzene rings is 1. The van der Waals surface area contributed by atoms with E-state index in [1.807, 2.05) is 7.05 Å². The molecule has 1 N–H and O–H groups in total. The van der Waals surface area contributed by atoms with Gasteiger partial charge in [-0.05, 0) is 32.0 Å². The Hall–Kier alpha value is -0.640. The van der Waals surface area contributed by atoms with Gasteiger partial charge in [0.1, 0.15) is 5.82 Å². The quantitative estimate of drug-likeness (QED) is 0.899. The standard InChI is InChI=1S/C13H17ClFNO/c1-16-13-5-6-17-8-9(13)7-10-11(14)3-2-4-12(10)15/h2-4,9,13,16H,5-8H2,1H3/t9-,13-/m1/s1. The molecule has 0 saturated carbocycles. The highest BCUT2D eigenvalue weighted by molar-refractivity contribution is 6.31. The van der Waals surface area contributed by atoms with Crippen molar-refractivity contribution in [1.82, 2.24) is 5.32 Å². The summed E-state index contributed by atoms with van der Waals surface area (Å²) in [5.74, 6) is 0.0566. The van der Waals surface area contributed by atoms with E-state index in [0.717, 1.165) is 13.0 Å². The number of hydrogen-bond acceptors (Lipinski definition) is 2. The first kappa shape index (κ1) is 12.8. The molecule has 0 bridgehead atoms. The van der Waals surface area contributed by atoms with Crippen LogP contribution in [-0.2, 0) is 11.2 Å². The molecule has 0 spiro atoms. The normalized spacial score (nSPS) is 24.9. The van der Waals surface area contributed by atoms with Crippen LogP contribution in [0.4, 0.5) is 4.39 Å². The van der Waals surface area contributed by atoms with Crippen molar-refractivity contribution in [2.45, 2.75) is 18.9 Å². The summed E-state index contributed by atoms with van der Waals surface area (Å²) in [6.07, 6.45) is 1.59. The minimum atomic E-state index is -0.224. The molecule has 1 fully saturated rings. The number of ether oxygens (including phenoxy) is 1. The first-order valence-electron chi connectivity index (χ1n) is 5.90. The van der Waals surface area contributed by atoms with Crippen LogP contribution >= 0.6 is 11.6 Å². The molecule has 0 amide bonds. The van der Waals surface area contributed by atoms with Crippen LogP contribution in [0, 0.1) is 11.7 Å². The molecule has 1 aliphatic rings. The van der Waals surface area contributed by atoms with Gasteiger partial charge in [-0.2, -0.15) is 0 Å². The molecular weight excluding hydrogens is 241 g/mol. The molecule has 1 aromatic rings. The second-order valence-corrected chi connectivity index (χ2v) is 4.83. The fourth-order valence-corrected chi connectivity index (χ4v) is 2.61. The molecule has 1 heterocycles. The number of rotatable bonds is 3. The van der Waals surface area contributed by atoms with E-state index in [0.29, 0.717) is 29.7 Å². The minimum absolute atomic E-state index is 0.224. The number of halogens is 2. The average molecular weight is 258 g/mol. The molecule has 0 aliphatic carbocycles. The Kier molecular flexibility index (Phi) is 4.37. The third-order valence-electron chi connectivity index (χ3n) is 3.37. The third-order valence-corrected chi connectivity index (χ3v) is 3.73. The summed E-state index contributed by atoms with van der Waals surface area (Å²) in [6, 6.07) is 5.20. The SMILES string of the molecule is CN[C@@H]1CCOC[C@H]1Cc1c(F)cccc1Cl. The van der Waals surface area contributed by atoms with Gasteiger partial charge in [-0.15, -0.1) is 0 Å². The predicted octanol–water partition coefficient (Wildman–Crippen LogP) is 2.65. The van der Waals surface area contributed by atoms with E-state index in [9.17, 15) is 4.39 Å². The smallest absolute Gasteiger partial charge is 0.127 e. The Morgan fingerprint density at radius 3 is 3.06 bits per heavy atom. The zero-order chi connectivity index (χ0) is 12.3. The highest BCUT2D eigenvalue weighted by atomic mass is 35.5. The van der Waals surface area contributed by atoms with E-state index in [1.165, 1.54) is 6.07 Å². The van der Waals surface area contributed by atoms with Crippen molar-refractivity contribution in [2.75, 3.05) is 20.3 Å². The Balaban J connectivity index is 2.13. The molecule has 4 heteroatoms. The zero-order valence-electron chi connectivity index (χ0n) is 9.88. The summed E-state index contributed by atoms with van der Waals surface area (Å²) in [5, 5.41) is 3.77. The molecule has 1 aliphatic heterocycles. The minimum Gasteiger partial charge on any atom is -0.381 e. The first-order valence-corrected chi connectivity index (χ1v) is 6.28. The molecule has 0 unspecified atom stereocenters. The lowest BCUT2D eigenvalue weighted by atomic mass is 9.89. The fourth-order valence-electron chi connectivity index (χ4n) is 2.37. The number of nitrogens with one attached hydrogen (secondary N) is 1. The Bertz CT molecular complexity index is 365. The topological polar surface area (TPSA) is 21.3 Å². The summed E-state index contributed by atoms with van der Waals surface area (Å²) in [5.41, 5.74) is 0.602. The molecule has 0 radical (unpaired) electrons. The van der Waals surface area contributed by atoms with Crippen LogP contribution in [0.5, 0.6) is 0 Å². The van der Waals surface area contributed by atoms with E-state index in [2.05, 4.69) is 5.32 Å². The first-order chi connectivity index (χ1) is 8.22. The Labute approximate surface area is 106 Å². The average Bonchev–Trinajstić information content (AvgIpc) is 2.34. The molecule has 1 saturated heterocycles. The van der Waals surface area contributed by atoms with Crippen LogP contribution in [-0.4, -0.2) is 26.3 Å². The van der Waals surface area contributed by atoms with Gasteiger partial charge in [-0.1, -0.05) is 17.7 Å². The van der Waals surface area contributed by atoms with Crippen LogP contribution in [0.25, 0.3) is 0 Å². The summed E-state index contributed by atoms with van der Waals surface area (Å²) in [4.78, 5) is 0. The molecular formula is C13H17ClFNO. The van der Waals surface area contributed by atoms with Gasteiger partial charge in [0.05, 0.1) is 6.61 Å². The molecule has 17 heavy (non-hydrogen) atoms. The van der Waals surface area contributed by atoms with Crippen molar-refractivity contribution in [3.8, 4) is 0 Å². The predicted molar refractivity (Wildman–Crippen MR) is 66.9 cm³/mol. The van der Waals surface area contributed by atoms with Gasteiger partial charge in [-0.3, -0.25) is 0 Å². The van der Waals surface area contributed by atoms with Crippen LogP contribution in [0.2, 0.25) is 5.02 Å². The maximum Gasteiger partial charge on any atom is 0.127 e. The monoisotopic (exact) mass is 257 g/mol. The van der Waals surface area contributed by atoms with Gasteiger partial charge in [0.15, 0.2) is 0 Å². The van der Waals surface area contributed by atoms with E-state index < -0.39 is 0 Å². The molecule has 94 valence electrons. The van der Waals surface area contributed by atoms with Crippen molar-refractivity contribution < 1.29 is 9.13 Å². The largest absolute Gasteiger partial charge is 0.381 e. The van der Waals surface area contributed by atoms with E-state index >= 15 is 0 Å². The summed E-state index contributed by atoms with van der Waals surface area (Å²) < 4.78 is 19.2. The second kappa shape index (κ2) is 5.80. The summed E-state index contributed by atoms with van der Waals surface area (Å²) in [7, 11) is 1.94. The van der Waals surface area contributed by atoms with Gasteiger partial charge >= 0.3 is 0 Å². The third kappa shape index (κ3) is 2.97. The van der Waals surface area contributed by atoms with Crippen LogP contribution < -0.4 is 5.32 Å². The molecule has 0 aromatic heterocycles. The zero-order valence-corrected chi connectivity index (χ0v) is 10.6. The van der Waals surface area contributed by atoms with Gasteiger partial charge in [0.25, 0.3) is 0 Å². The molecule has 2 nitrogen and oxygen atoms in total. The van der Waals surface area contributed by atoms with Crippen molar-refractivity contribution in [3.05, 3.63) is 34.6 Å².